The molecule has 0 aliphatic carbocycles. The average molecular weight is 379 g/mol. The van der Waals surface area contributed by atoms with Crippen LogP contribution in [0.2, 0.25) is 0 Å². The van der Waals surface area contributed by atoms with Gasteiger partial charge >= 0.3 is 5.97 Å². The van der Waals surface area contributed by atoms with E-state index in [0.29, 0.717) is 24.8 Å². The second kappa shape index (κ2) is 13.3. The summed E-state index contributed by atoms with van der Waals surface area (Å²) in [5, 5.41) is 23.7. The quantitative estimate of drug-likeness (QED) is 0.217. The molecule has 1 amide bonds. The molecule has 0 aromatic carbocycles. The minimum absolute atomic E-state index is 0.0105. The smallest absolute Gasteiger partial charge is 0.326 e. The third kappa shape index (κ3) is 10.7. The van der Waals surface area contributed by atoms with Crippen LogP contribution in [0.25, 0.3) is 0 Å². The summed E-state index contributed by atoms with van der Waals surface area (Å²) < 4.78 is 0. The van der Waals surface area contributed by atoms with Crippen LogP contribution >= 0.6 is 12.6 Å². The van der Waals surface area contributed by atoms with Gasteiger partial charge in [-0.2, -0.15) is 12.6 Å². The van der Waals surface area contributed by atoms with Gasteiger partial charge in [-0.15, -0.1) is 0 Å². The number of rotatable bonds is 14. The SMILES string of the molecule is CC[C@H](C)[C@@H](CN(C)CC(=O)N[C@@H](CCO)C(=O)O)NC[C@@H](N)CS. The first-order valence-corrected chi connectivity index (χ1v) is 9.29. The second-order valence-electron chi connectivity index (χ2n) is 6.51. The zero-order valence-electron chi connectivity index (χ0n) is 15.4. The molecule has 9 heteroatoms. The van der Waals surface area contributed by atoms with Crippen LogP contribution in [0.4, 0.5) is 0 Å². The predicted molar refractivity (Wildman–Crippen MR) is 102 cm³/mol. The number of carbonyl (C=O) groups is 2. The molecule has 0 saturated carbocycles. The molecule has 0 radical (unpaired) electrons. The van der Waals surface area contributed by atoms with E-state index in [1.807, 2.05) is 11.9 Å². The topological polar surface area (TPSA) is 128 Å². The Morgan fingerprint density at radius 3 is 2.48 bits per heavy atom. The van der Waals surface area contributed by atoms with E-state index >= 15 is 0 Å². The number of aliphatic hydroxyl groups is 1. The Morgan fingerprint density at radius 2 is 2.00 bits per heavy atom. The summed E-state index contributed by atoms with van der Waals surface area (Å²) in [5.41, 5.74) is 5.89. The van der Waals surface area contributed by atoms with E-state index in [9.17, 15) is 9.59 Å². The predicted octanol–water partition coefficient (Wildman–Crippen LogP) is -0.869. The number of likely N-dealkylation sites (N-methyl/N-ethyl adjacent to an activating group) is 1. The molecule has 8 nitrogen and oxygen atoms in total. The van der Waals surface area contributed by atoms with Crippen molar-refractivity contribution in [1.29, 1.82) is 0 Å². The lowest BCUT2D eigenvalue weighted by Crippen LogP contribution is -2.50. The Labute approximate surface area is 155 Å². The summed E-state index contributed by atoms with van der Waals surface area (Å²) in [6, 6.07) is -0.928. The lowest BCUT2D eigenvalue weighted by atomic mass is 9.98. The highest BCUT2D eigenvalue weighted by Crippen LogP contribution is 2.09. The number of hydrogen-bond acceptors (Lipinski definition) is 7. The van der Waals surface area contributed by atoms with Crippen LogP contribution in [0.5, 0.6) is 0 Å². The Balaban J connectivity index is 4.54. The number of aliphatic hydroxyl groups excluding tert-OH is 1. The van der Waals surface area contributed by atoms with Crippen molar-refractivity contribution in [2.75, 3.05) is 39.0 Å². The minimum Gasteiger partial charge on any atom is -0.480 e. The van der Waals surface area contributed by atoms with Crippen LogP contribution in [0, 0.1) is 5.92 Å². The van der Waals surface area contributed by atoms with Crippen molar-refractivity contribution in [2.24, 2.45) is 11.7 Å². The van der Waals surface area contributed by atoms with E-state index in [0.717, 1.165) is 6.42 Å². The fourth-order valence-electron chi connectivity index (χ4n) is 2.37. The highest BCUT2D eigenvalue weighted by atomic mass is 32.1. The maximum atomic E-state index is 12.0. The van der Waals surface area contributed by atoms with Gasteiger partial charge in [-0.25, -0.2) is 4.79 Å². The van der Waals surface area contributed by atoms with Crippen molar-refractivity contribution in [3.63, 3.8) is 0 Å². The molecule has 0 spiro atoms. The average Bonchev–Trinajstić information content (AvgIpc) is 2.56. The Bertz CT molecular complexity index is 400. The first-order chi connectivity index (χ1) is 11.7. The first-order valence-electron chi connectivity index (χ1n) is 8.66. The van der Waals surface area contributed by atoms with Crippen molar-refractivity contribution >= 4 is 24.5 Å². The molecule has 0 saturated heterocycles. The van der Waals surface area contributed by atoms with Gasteiger partial charge in [0.25, 0.3) is 0 Å². The van der Waals surface area contributed by atoms with Gasteiger partial charge in [-0.3, -0.25) is 9.69 Å². The summed E-state index contributed by atoms with van der Waals surface area (Å²) in [6.07, 6.45) is 0.981. The highest BCUT2D eigenvalue weighted by molar-refractivity contribution is 7.80. The van der Waals surface area contributed by atoms with E-state index in [4.69, 9.17) is 15.9 Å². The molecule has 0 aliphatic heterocycles. The van der Waals surface area contributed by atoms with Crippen molar-refractivity contribution in [1.82, 2.24) is 15.5 Å². The molecular formula is C16H34N4O4S. The summed E-state index contributed by atoms with van der Waals surface area (Å²) in [7, 11) is 1.82. The monoisotopic (exact) mass is 378 g/mol. The van der Waals surface area contributed by atoms with Crippen molar-refractivity contribution < 1.29 is 19.8 Å². The van der Waals surface area contributed by atoms with E-state index < -0.39 is 12.0 Å². The normalized spacial score (nSPS) is 16.3. The molecular weight excluding hydrogens is 344 g/mol. The van der Waals surface area contributed by atoms with Crippen LogP contribution in [-0.2, 0) is 9.59 Å². The number of amides is 1. The van der Waals surface area contributed by atoms with Crippen molar-refractivity contribution in [3.8, 4) is 0 Å². The molecule has 148 valence electrons. The number of carboxylic acids is 1. The number of thiol groups is 1. The number of hydrogen-bond donors (Lipinski definition) is 6. The highest BCUT2D eigenvalue weighted by Gasteiger charge is 2.22. The van der Waals surface area contributed by atoms with Gasteiger partial charge in [0.1, 0.15) is 6.04 Å². The van der Waals surface area contributed by atoms with E-state index in [1.165, 1.54) is 0 Å². The lowest BCUT2D eigenvalue weighted by Gasteiger charge is -2.30. The molecule has 0 unspecified atom stereocenters. The standard InChI is InChI=1S/C16H34N4O4S/c1-4-11(2)14(18-7-12(17)10-25)8-20(3)9-15(22)19-13(5-6-21)16(23)24/h11-14,18,21,25H,4-10,17H2,1-3H3,(H,19,22)(H,23,24)/t11-,12+,13-,14+/m0/s1. The van der Waals surface area contributed by atoms with Crippen LogP contribution < -0.4 is 16.4 Å². The minimum atomic E-state index is -1.15. The molecule has 0 fully saturated rings. The maximum Gasteiger partial charge on any atom is 0.326 e. The van der Waals surface area contributed by atoms with Gasteiger partial charge < -0.3 is 26.6 Å². The number of nitrogens with one attached hydrogen (secondary N) is 2. The molecule has 0 aromatic heterocycles. The van der Waals surface area contributed by atoms with Gasteiger partial charge in [0.15, 0.2) is 0 Å². The Kier molecular flexibility index (Phi) is 12.9. The number of carboxylic acid groups (broad SMARTS) is 1. The van der Waals surface area contributed by atoms with Crippen LogP contribution in [0.15, 0.2) is 0 Å². The summed E-state index contributed by atoms with van der Waals surface area (Å²) in [4.78, 5) is 24.9. The maximum absolute atomic E-state index is 12.0. The Morgan fingerprint density at radius 1 is 1.36 bits per heavy atom. The van der Waals surface area contributed by atoms with E-state index in [2.05, 4.69) is 37.1 Å². The lowest BCUT2D eigenvalue weighted by molar-refractivity contribution is -0.142. The molecule has 0 aliphatic rings. The van der Waals surface area contributed by atoms with Crippen molar-refractivity contribution in [2.45, 2.75) is 44.8 Å². The first kappa shape index (κ1) is 24.1. The molecule has 25 heavy (non-hydrogen) atoms. The fourth-order valence-corrected chi connectivity index (χ4v) is 2.50. The third-order valence-electron chi connectivity index (χ3n) is 4.18. The van der Waals surface area contributed by atoms with Crippen LogP contribution in [0.1, 0.15) is 26.7 Å². The van der Waals surface area contributed by atoms with Crippen molar-refractivity contribution in [3.05, 3.63) is 0 Å². The molecule has 0 heterocycles. The molecule has 6 N–H and O–H groups in total. The van der Waals surface area contributed by atoms with Gasteiger partial charge in [-0.1, -0.05) is 20.3 Å². The largest absolute Gasteiger partial charge is 0.480 e. The summed E-state index contributed by atoms with van der Waals surface area (Å²) in [5.74, 6) is -0.526. The Hall–Kier alpha value is -0.870. The van der Waals surface area contributed by atoms with E-state index in [-0.39, 0.29) is 37.6 Å². The van der Waals surface area contributed by atoms with Crippen LogP contribution in [0.3, 0.4) is 0 Å². The molecule has 0 aromatic rings. The van der Waals surface area contributed by atoms with Crippen LogP contribution in [-0.4, -0.2) is 84.2 Å². The van der Waals surface area contributed by atoms with E-state index in [1.54, 1.807) is 0 Å². The number of carbonyl (C=O) groups excluding carboxylic acids is 1. The zero-order valence-corrected chi connectivity index (χ0v) is 16.3. The number of aliphatic carboxylic acids is 1. The summed E-state index contributed by atoms with van der Waals surface area (Å²) >= 11 is 4.18. The van der Waals surface area contributed by atoms with Gasteiger partial charge in [-0.05, 0) is 13.0 Å². The third-order valence-corrected chi connectivity index (χ3v) is 4.65. The molecule has 0 bridgehead atoms. The zero-order chi connectivity index (χ0) is 19.4. The fraction of sp³-hybridized carbons (Fsp3) is 0.875. The molecule has 0 rings (SSSR count). The van der Waals surface area contributed by atoms with Gasteiger partial charge in [0, 0.05) is 44.0 Å². The van der Waals surface area contributed by atoms with Gasteiger partial charge in [0.05, 0.1) is 6.54 Å². The second-order valence-corrected chi connectivity index (χ2v) is 6.88. The number of nitrogens with two attached hydrogens (primary N) is 1. The molecule has 4 atom stereocenters. The summed E-state index contributed by atoms with van der Waals surface area (Å²) in [6.45, 7) is 5.33. The van der Waals surface area contributed by atoms with Gasteiger partial charge in [0.2, 0.25) is 5.91 Å². The number of nitrogens with zero attached hydrogens (tertiary/aromatic N) is 1.